The summed E-state index contributed by atoms with van der Waals surface area (Å²) in [4.78, 5) is 22.7. The van der Waals surface area contributed by atoms with Gasteiger partial charge in [-0.15, -0.1) is 0 Å². The highest BCUT2D eigenvalue weighted by Crippen LogP contribution is 2.24. The fourth-order valence-corrected chi connectivity index (χ4v) is 4.14. The molecule has 0 saturated carbocycles. The summed E-state index contributed by atoms with van der Waals surface area (Å²) in [5.41, 5.74) is -0.124. The van der Waals surface area contributed by atoms with Gasteiger partial charge >= 0.3 is 5.97 Å². The second-order valence-corrected chi connectivity index (χ2v) is 7.55. The first-order valence-electron chi connectivity index (χ1n) is 8.09. The van der Waals surface area contributed by atoms with Crippen LogP contribution >= 0.6 is 0 Å². The molecule has 1 amide bonds. The summed E-state index contributed by atoms with van der Waals surface area (Å²) < 4.78 is 45.3. The first kappa shape index (κ1) is 19.3. The maximum absolute atomic E-state index is 14.1. The Morgan fingerprint density at radius 1 is 1.24 bits per heavy atom. The monoisotopic (exact) mass is 372 g/mol. The minimum atomic E-state index is -4.02. The van der Waals surface area contributed by atoms with E-state index >= 15 is 0 Å². The molecule has 0 unspecified atom stereocenters. The van der Waals surface area contributed by atoms with Crippen LogP contribution in [0.15, 0.2) is 23.1 Å². The Morgan fingerprint density at radius 3 is 2.56 bits per heavy atom. The van der Waals surface area contributed by atoms with Crippen LogP contribution in [0.4, 0.5) is 4.39 Å². The van der Waals surface area contributed by atoms with Gasteiger partial charge in [0.2, 0.25) is 10.0 Å². The molecule has 1 N–H and O–H groups in total. The van der Waals surface area contributed by atoms with Gasteiger partial charge in [0.25, 0.3) is 5.91 Å². The number of nitrogens with one attached hydrogen (secondary N) is 1. The Balaban J connectivity index is 2.19. The summed E-state index contributed by atoms with van der Waals surface area (Å²) in [6.45, 7) is 2.28. The number of likely N-dealkylation sites (N-methyl/N-ethyl adjacent to an activating group) is 1. The van der Waals surface area contributed by atoms with Gasteiger partial charge in [0.15, 0.2) is 6.61 Å². The molecule has 0 bridgehead atoms. The summed E-state index contributed by atoms with van der Waals surface area (Å²) in [5.74, 6) is -2.29. The largest absolute Gasteiger partial charge is 0.452 e. The van der Waals surface area contributed by atoms with Crippen molar-refractivity contribution < 1.29 is 27.1 Å². The molecule has 0 spiro atoms. The van der Waals surface area contributed by atoms with Gasteiger partial charge in [-0.3, -0.25) is 4.79 Å². The number of sulfonamides is 1. The van der Waals surface area contributed by atoms with E-state index < -0.39 is 39.2 Å². The maximum atomic E-state index is 14.1. The van der Waals surface area contributed by atoms with Crippen LogP contribution in [-0.4, -0.2) is 50.8 Å². The molecule has 9 heteroatoms. The van der Waals surface area contributed by atoms with Crippen LogP contribution < -0.4 is 5.32 Å². The molecule has 0 aromatic heterocycles. The number of carbonyl (C=O) groups is 2. The summed E-state index contributed by atoms with van der Waals surface area (Å²) in [7, 11) is -4.02. The number of nitrogens with zero attached hydrogens (tertiary/aromatic N) is 1. The average molecular weight is 372 g/mol. The molecule has 1 saturated heterocycles. The van der Waals surface area contributed by atoms with Gasteiger partial charge in [-0.2, -0.15) is 4.31 Å². The lowest BCUT2D eigenvalue weighted by atomic mass is 10.2. The minimum absolute atomic E-state index is 0.124. The molecule has 1 fully saturated rings. The average Bonchev–Trinajstić information content (AvgIpc) is 2.61. The number of hydrogen-bond donors (Lipinski definition) is 1. The van der Waals surface area contributed by atoms with E-state index in [0.717, 1.165) is 37.5 Å². The number of halogens is 1. The van der Waals surface area contributed by atoms with Crippen LogP contribution in [0.3, 0.4) is 0 Å². The molecule has 138 valence electrons. The highest BCUT2D eigenvalue weighted by Gasteiger charge is 2.29. The van der Waals surface area contributed by atoms with Gasteiger partial charge in [-0.1, -0.05) is 6.42 Å². The van der Waals surface area contributed by atoms with Crippen LogP contribution in [0.2, 0.25) is 0 Å². The normalized spacial score (nSPS) is 15.6. The Kier molecular flexibility index (Phi) is 6.49. The van der Waals surface area contributed by atoms with Gasteiger partial charge in [-0.25, -0.2) is 17.6 Å². The third-order valence-electron chi connectivity index (χ3n) is 3.81. The molecule has 1 aliphatic rings. The summed E-state index contributed by atoms with van der Waals surface area (Å²) >= 11 is 0. The van der Waals surface area contributed by atoms with Gasteiger partial charge in [0.1, 0.15) is 10.7 Å². The fourth-order valence-electron chi connectivity index (χ4n) is 2.53. The number of esters is 1. The summed E-state index contributed by atoms with van der Waals surface area (Å²) in [5, 5.41) is 2.46. The second-order valence-electron chi connectivity index (χ2n) is 5.64. The van der Waals surface area contributed by atoms with E-state index in [2.05, 4.69) is 5.32 Å². The SMILES string of the molecule is CCNC(=O)COC(=O)c1ccc(F)c(S(=O)(=O)N2CCCCC2)c1. The molecule has 1 aromatic rings. The first-order chi connectivity index (χ1) is 11.9. The highest BCUT2D eigenvalue weighted by atomic mass is 32.2. The van der Waals surface area contributed by atoms with Gasteiger partial charge in [-0.05, 0) is 38.0 Å². The van der Waals surface area contributed by atoms with Gasteiger partial charge in [0, 0.05) is 19.6 Å². The molecular formula is C16H21FN2O5S. The fraction of sp³-hybridized carbons (Fsp3) is 0.500. The van der Waals surface area contributed by atoms with Gasteiger partial charge < -0.3 is 10.1 Å². The van der Waals surface area contributed by atoms with Crippen molar-refractivity contribution in [2.75, 3.05) is 26.2 Å². The number of rotatable bonds is 6. The smallest absolute Gasteiger partial charge is 0.338 e. The van der Waals surface area contributed by atoms with Crippen molar-refractivity contribution in [3.8, 4) is 0 Å². The van der Waals surface area contributed by atoms with E-state index in [-0.39, 0.29) is 5.56 Å². The van der Waals surface area contributed by atoms with E-state index in [1.54, 1.807) is 6.92 Å². The molecule has 1 heterocycles. The number of ether oxygens (including phenoxy) is 1. The van der Waals surface area contributed by atoms with E-state index in [0.29, 0.717) is 19.6 Å². The highest BCUT2D eigenvalue weighted by molar-refractivity contribution is 7.89. The predicted octanol–water partition coefficient (Wildman–Crippen LogP) is 1.29. The van der Waals surface area contributed by atoms with E-state index in [1.165, 1.54) is 4.31 Å². The second kappa shape index (κ2) is 8.39. The zero-order valence-electron chi connectivity index (χ0n) is 14.0. The third kappa shape index (κ3) is 4.76. The van der Waals surface area contributed by atoms with Gasteiger partial charge in [0.05, 0.1) is 5.56 Å². The molecule has 1 aliphatic heterocycles. The Bertz CT molecular complexity index is 745. The molecular weight excluding hydrogens is 351 g/mol. The molecule has 0 radical (unpaired) electrons. The molecule has 2 rings (SSSR count). The lowest BCUT2D eigenvalue weighted by Gasteiger charge is -2.26. The number of hydrogen-bond acceptors (Lipinski definition) is 5. The standard InChI is InChI=1S/C16H21FN2O5S/c1-2-18-15(20)11-24-16(21)12-6-7-13(17)14(10-12)25(22,23)19-8-4-3-5-9-19/h6-7,10H,2-5,8-9,11H2,1H3,(H,18,20). The topological polar surface area (TPSA) is 92.8 Å². The van der Waals surface area contributed by atoms with Crippen LogP contribution in [0.25, 0.3) is 0 Å². The van der Waals surface area contributed by atoms with E-state index in [9.17, 15) is 22.4 Å². The number of piperidine rings is 1. The van der Waals surface area contributed by atoms with Crippen LogP contribution in [-0.2, 0) is 19.6 Å². The van der Waals surface area contributed by atoms with Crippen molar-refractivity contribution in [2.24, 2.45) is 0 Å². The lowest BCUT2D eigenvalue weighted by molar-refractivity contribution is -0.124. The van der Waals surface area contributed by atoms with E-state index in [1.807, 2.05) is 0 Å². The quantitative estimate of drug-likeness (QED) is 0.760. The Hall–Kier alpha value is -2.00. The zero-order valence-corrected chi connectivity index (χ0v) is 14.8. The minimum Gasteiger partial charge on any atom is -0.452 e. The first-order valence-corrected chi connectivity index (χ1v) is 9.53. The van der Waals surface area contributed by atoms with Crippen molar-refractivity contribution in [3.63, 3.8) is 0 Å². The lowest BCUT2D eigenvalue weighted by Crippen LogP contribution is -2.36. The molecule has 0 aliphatic carbocycles. The summed E-state index contributed by atoms with van der Waals surface area (Å²) in [6, 6.07) is 3.00. The molecule has 7 nitrogen and oxygen atoms in total. The number of amides is 1. The Morgan fingerprint density at radius 2 is 1.92 bits per heavy atom. The zero-order chi connectivity index (χ0) is 18.4. The summed E-state index contributed by atoms with van der Waals surface area (Å²) in [6.07, 6.45) is 2.37. The van der Waals surface area contributed by atoms with Crippen molar-refractivity contribution >= 4 is 21.9 Å². The molecule has 0 atom stereocenters. The Labute approximate surface area is 146 Å². The van der Waals surface area contributed by atoms with Crippen molar-refractivity contribution in [1.29, 1.82) is 0 Å². The molecule has 1 aromatic carbocycles. The van der Waals surface area contributed by atoms with Crippen molar-refractivity contribution in [1.82, 2.24) is 9.62 Å². The van der Waals surface area contributed by atoms with Crippen molar-refractivity contribution in [2.45, 2.75) is 31.1 Å². The number of benzene rings is 1. The molecule has 25 heavy (non-hydrogen) atoms. The van der Waals surface area contributed by atoms with Crippen molar-refractivity contribution in [3.05, 3.63) is 29.6 Å². The van der Waals surface area contributed by atoms with Crippen LogP contribution in [0.1, 0.15) is 36.5 Å². The third-order valence-corrected chi connectivity index (χ3v) is 5.72. The van der Waals surface area contributed by atoms with E-state index in [4.69, 9.17) is 4.74 Å². The van der Waals surface area contributed by atoms with Crippen LogP contribution in [0, 0.1) is 5.82 Å². The maximum Gasteiger partial charge on any atom is 0.338 e. The predicted molar refractivity (Wildman–Crippen MR) is 88.0 cm³/mol. The number of carbonyl (C=O) groups excluding carboxylic acids is 2. The van der Waals surface area contributed by atoms with Crippen LogP contribution in [0.5, 0.6) is 0 Å².